The standard InChI is InChI=1S/C19H14O4/c1-22-19(21)14-6-4-5-13(11-14)16-7-2-3-8-17(16)18-10-9-15(12-20)23-18/h2-12H,1H3. The highest BCUT2D eigenvalue weighted by atomic mass is 16.5. The molecule has 3 rings (SSSR count). The lowest BCUT2D eigenvalue weighted by Crippen LogP contribution is -2.00. The second-order valence-corrected chi connectivity index (χ2v) is 4.94. The van der Waals surface area contributed by atoms with E-state index >= 15 is 0 Å². The van der Waals surface area contributed by atoms with Crippen molar-refractivity contribution in [2.45, 2.75) is 0 Å². The maximum Gasteiger partial charge on any atom is 0.337 e. The van der Waals surface area contributed by atoms with Crippen molar-refractivity contribution in [1.82, 2.24) is 0 Å². The number of esters is 1. The van der Waals surface area contributed by atoms with E-state index in [-0.39, 0.29) is 11.7 Å². The minimum atomic E-state index is -0.384. The Morgan fingerprint density at radius 2 is 1.78 bits per heavy atom. The van der Waals surface area contributed by atoms with E-state index in [4.69, 9.17) is 9.15 Å². The van der Waals surface area contributed by atoms with Crippen LogP contribution in [0.25, 0.3) is 22.5 Å². The van der Waals surface area contributed by atoms with Crippen molar-refractivity contribution in [3.63, 3.8) is 0 Å². The summed E-state index contributed by atoms with van der Waals surface area (Å²) in [7, 11) is 1.35. The van der Waals surface area contributed by atoms with Gasteiger partial charge < -0.3 is 9.15 Å². The zero-order chi connectivity index (χ0) is 16.2. The summed E-state index contributed by atoms with van der Waals surface area (Å²) in [4.78, 5) is 22.5. The molecule has 0 bridgehead atoms. The van der Waals surface area contributed by atoms with E-state index in [1.807, 2.05) is 30.3 Å². The van der Waals surface area contributed by atoms with Crippen LogP contribution in [0.4, 0.5) is 0 Å². The average molecular weight is 306 g/mol. The summed E-state index contributed by atoms with van der Waals surface area (Å²) in [5.74, 6) is 0.495. The minimum absolute atomic E-state index is 0.276. The number of benzene rings is 2. The molecule has 3 aromatic rings. The second kappa shape index (κ2) is 6.32. The van der Waals surface area contributed by atoms with Crippen molar-refractivity contribution in [1.29, 1.82) is 0 Å². The molecule has 23 heavy (non-hydrogen) atoms. The van der Waals surface area contributed by atoms with Gasteiger partial charge in [0.05, 0.1) is 12.7 Å². The van der Waals surface area contributed by atoms with Crippen molar-refractivity contribution in [3.05, 3.63) is 72.0 Å². The van der Waals surface area contributed by atoms with Gasteiger partial charge in [-0.15, -0.1) is 0 Å². The molecule has 0 aliphatic heterocycles. The van der Waals surface area contributed by atoms with Crippen molar-refractivity contribution in [2.24, 2.45) is 0 Å². The van der Waals surface area contributed by atoms with Gasteiger partial charge in [-0.1, -0.05) is 36.4 Å². The van der Waals surface area contributed by atoms with Crippen LogP contribution in [0.5, 0.6) is 0 Å². The Morgan fingerprint density at radius 3 is 2.48 bits per heavy atom. The number of methoxy groups -OCH3 is 1. The van der Waals surface area contributed by atoms with Gasteiger partial charge in [0.1, 0.15) is 5.76 Å². The third kappa shape index (κ3) is 2.92. The third-order valence-electron chi connectivity index (χ3n) is 3.53. The Bertz CT molecular complexity index is 861. The first-order chi connectivity index (χ1) is 11.2. The lowest BCUT2D eigenvalue weighted by Gasteiger charge is -2.09. The Morgan fingerprint density at radius 1 is 1.00 bits per heavy atom. The third-order valence-corrected chi connectivity index (χ3v) is 3.53. The Labute approximate surface area is 133 Å². The van der Waals surface area contributed by atoms with Crippen LogP contribution < -0.4 is 0 Å². The summed E-state index contributed by atoms with van der Waals surface area (Å²) in [5.41, 5.74) is 3.10. The van der Waals surface area contributed by atoms with E-state index in [1.54, 1.807) is 30.3 Å². The molecule has 2 aromatic carbocycles. The van der Waals surface area contributed by atoms with Gasteiger partial charge in [0, 0.05) is 5.56 Å². The summed E-state index contributed by atoms with van der Waals surface area (Å²) >= 11 is 0. The maximum atomic E-state index is 11.7. The molecule has 0 saturated heterocycles. The van der Waals surface area contributed by atoms with E-state index in [2.05, 4.69) is 0 Å². The quantitative estimate of drug-likeness (QED) is 0.535. The number of ether oxygens (including phenoxy) is 1. The molecule has 0 saturated carbocycles. The SMILES string of the molecule is COC(=O)c1cccc(-c2ccccc2-c2ccc(C=O)o2)c1. The van der Waals surface area contributed by atoms with Crippen LogP contribution in [0, 0.1) is 0 Å². The molecule has 4 nitrogen and oxygen atoms in total. The zero-order valence-corrected chi connectivity index (χ0v) is 12.5. The number of hydrogen-bond donors (Lipinski definition) is 0. The Hall–Kier alpha value is -3.14. The molecule has 0 unspecified atom stereocenters. The van der Waals surface area contributed by atoms with Crippen LogP contribution in [-0.4, -0.2) is 19.4 Å². The van der Waals surface area contributed by atoms with E-state index in [1.165, 1.54) is 7.11 Å². The van der Waals surface area contributed by atoms with Crippen molar-refractivity contribution in [2.75, 3.05) is 7.11 Å². The average Bonchev–Trinajstić information content (AvgIpc) is 3.10. The van der Waals surface area contributed by atoms with Crippen molar-refractivity contribution < 1.29 is 18.7 Å². The molecule has 0 radical (unpaired) electrons. The summed E-state index contributed by atoms with van der Waals surface area (Å²) in [6, 6.07) is 18.2. The van der Waals surface area contributed by atoms with Crippen LogP contribution in [0.1, 0.15) is 20.9 Å². The van der Waals surface area contributed by atoms with E-state index in [0.29, 0.717) is 17.6 Å². The number of rotatable bonds is 4. The highest BCUT2D eigenvalue weighted by molar-refractivity contribution is 5.92. The molecule has 0 atom stereocenters. The number of aldehydes is 1. The number of carbonyl (C=O) groups is 2. The van der Waals surface area contributed by atoms with Gasteiger partial charge >= 0.3 is 5.97 Å². The van der Waals surface area contributed by atoms with Gasteiger partial charge in [-0.2, -0.15) is 0 Å². The summed E-state index contributed by atoms with van der Waals surface area (Å²) < 4.78 is 10.3. The predicted molar refractivity (Wildman–Crippen MR) is 86.3 cm³/mol. The van der Waals surface area contributed by atoms with Gasteiger partial charge in [-0.3, -0.25) is 4.79 Å². The van der Waals surface area contributed by atoms with E-state index in [9.17, 15) is 9.59 Å². The molecule has 0 aliphatic rings. The summed E-state index contributed by atoms with van der Waals surface area (Å²) in [5, 5.41) is 0. The highest BCUT2D eigenvalue weighted by Crippen LogP contribution is 2.33. The topological polar surface area (TPSA) is 56.5 Å². The monoisotopic (exact) mass is 306 g/mol. The fourth-order valence-electron chi connectivity index (χ4n) is 2.44. The molecule has 4 heteroatoms. The molecule has 0 N–H and O–H groups in total. The molecule has 0 fully saturated rings. The lowest BCUT2D eigenvalue weighted by atomic mass is 9.97. The Kier molecular flexibility index (Phi) is 4.06. The second-order valence-electron chi connectivity index (χ2n) is 4.94. The molecular formula is C19H14O4. The number of carbonyl (C=O) groups excluding carboxylic acids is 2. The zero-order valence-electron chi connectivity index (χ0n) is 12.5. The lowest BCUT2D eigenvalue weighted by molar-refractivity contribution is 0.0600. The largest absolute Gasteiger partial charge is 0.465 e. The molecule has 0 aliphatic carbocycles. The molecule has 1 aromatic heterocycles. The number of furan rings is 1. The molecule has 0 spiro atoms. The maximum absolute atomic E-state index is 11.7. The normalized spacial score (nSPS) is 10.3. The van der Waals surface area contributed by atoms with Crippen LogP contribution in [0.2, 0.25) is 0 Å². The first kappa shape index (κ1) is 14.8. The van der Waals surface area contributed by atoms with Crippen molar-refractivity contribution >= 4 is 12.3 Å². The molecule has 0 amide bonds. The van der Waals surface area contributed by atoms with Crippen LogP contribution >= 0.6 is 0 Å². The predicted octanol–water partition coefficient (Wildman–Crippen LogP) is 4.21. The first-order valence-corrected chi connectivity index (χ1v) is 7.06. The first-order valence-electron chi connectivity index (χ1n) is 7.06. The molecule has 1 heterocycles. The van der Waals surface area contributed by atoms with E-state index < -0.39 is 0 Å². The van der Waals surface area contributed by atoms with Gasteiger partial charge in [0.15, 0.2) is 12.0 Å². The van der Waals surface area contributed by atoms with Crippen LogP contribution in [0.3, 0.4) is 0 Å². The van der Waals surface area contributed by atoms with Gasteiger partial charge in [-0.25, -0.2) is 4.79 Å². The van der Waals surface area contributed by atoms with Gasteiger partial charge in [0.25, 0.3) is 0 Å². The Balaban J connectivity index is 2.10. The fourth-order valence-corrected chi connectivity index (χ4v) is 2.44. The summed E-state index contributed by atoms with van der Waals surface area (Å²) in [6.45, 7) is 0. The molecule has 114 valence electrons. The van der Waals surface area contributed by atoms with Crippen LogP contribution in [-0.2, 0) is 4.74 Å². The van der Waals surface area contributed by atoms with Gasteiger partial charge in [-0.05, 0) is 35.4 Å². The van der Waals surface area contributed by atoms with E-state index in [0.717, 1.165) is 16.7 Å². The number of hydrogen-bond acceptors (Lipinski definition) is 4. The van der Waals surface area contributed by atoms with Crippen molar-refractivity contribution in [3.8, 4) is 22.5 Å². The van der Waals surface area contributed by atoms with Crippen LogP contribution in [0.15, 0.2) is 65.1 Å². The smallest absolute Gasteiger partial charge is 0.337 e. The highest BCUT2D eigenvalue weighted by Gasteiger charge is 2.12. The summed E-state index contributed by atoms with van der Waals surface area (Å²) in [6.07, 6.45) is 0.671. The fraction of sp³-hybridized carbons (Fsp3) is 0.0526. The molecular weight excluding hydrogens is 292 g/mol. The minimum Gasteiger partial charge on any atom is -0.465 e. The van der Waals surface area contributed by atoms with Gasteiger partial charge in [0.2, 0.25) is 0 Å².